The van der Waals surface area contributed by atoms with Crippen molar-refractivity contribution in [1.29, 1.82) is 0 Å². The van der Waals surface area contributed by atoms with Crippen LogP contribution in [0.5, 0.6) is 0 Å². The van der Waals surface area contributed by atoms with E-state index in [4.69, 9.17) is 16.6 Å². The Bertz CT molecular complexity index is 1180. The molecule has 0 aliphatic rings. The summed E-state index contributed by atoms with van der Waals surface area (Å²) in [6.07, 6.45) is 2.20. The van der Waals surface area contributed by atoms with Gasteiger partial charge in [-0.15, -0.1) is 0 Å². The Labute approximate surface area is 173 Å². The lowest BCUT2D eigenvalue weighted by atomic mass is 10.2. The summed E-state index contributed by atoms with van der Waals surface area (Å²) in [7, 11) is 0. The first-order valence-corrected chi connectivity index (χ1v) is 9.70. The van der Waals surface area contributed by atoms with Gasteiger partial charge in [0.15, 0.2) is 4.77 Å². The van der Waals surface area contributed by atoms with Crippen LogP contribution in [0.1, 0.15) is 21.9 Å². The summed E-state index contributed by atoms with van der Waals surface area (Å²) in [5, 5.41) is 2.94. The van der Waals surface area contributed by atoms with Gasteiger partial charge in [-0.3, -0.25) is 9.36 Å². The SMILES string of the molecule is Cc1oc(-c2ccccc2)nc1CCNC(=O)c1c[nH]c(=S)n1-c1ccccc1. The predicted octanol–water partition coefficient (Wildman–Crippen LogP) is 4.47. The third kappa shape index (κ3) is 4.05. The molecule has 1 amide bonds. The van der Waals surface area contributed by atoms with Gasteiger partial charge in [0.05, 0.1) is 5.69 Å². The molecule has 146 valence electrons. The molecule has 2 aromatic carbocycles. The van der Waals surface area contributed by atoms with E-state index in [9.17, 15) is 4.79 Å². The third-order valence-electron chi connectivity index (χ3n) is 4.58. The van der Waals surface area contributed by atoms with Crippen molar-refractivity contribution < 1.29 is 9.21 Å². The zero-order valence-corrected chi connectivity index (χ0v) is 16.7. The van der Waals surface area contributed by atoms with Crippen LogP contribution in [0.25, 0.3) is 17.1 Å². The summed E-state index contributed by atoms with van der Waals surface area (Å²) in [5.41, 5.74) is 3.06. The number of aromatic amines is 1. The van der Waals surface area contributed by atoms with Crippen LogP contribution < -0.4 is 5.32 Å². The standard InChI is InChI=1S/C22H20N4O2S/c1-15-18(25-21(28-15)16-8-4-2-5-9-16)12-13-23-20(27)19-14-24-22(29)26(19)17-10-6-3-7-11-17/h2-11,14H,12-13H2,1H3,(H,23,27)(H,24,29). The number of amides is 1. The van der Waals surface area contributed by atoms with Gasteiger partial charge in [0.2, 0.25) is 5.89 Å². The molecule has 29 heavy (non-hydrogen) atoms. The van der Waals surface area contributed by atoms with Crippen molar-refractivity contribution in [2.75, 3.05) is 6.54 Å². The molecule has 0 aliphatic heterocycles. The lowest BCUT2D eigenvalue weighted by Crippen LogP contribution is -2.27. The number of nitrogens with one attached hydrogen (secondary N) is 2. The number of carbonyl (C=O) groups is 1. The number of para-hydroxylation sites is 1. The van der Waals surface area contributed by atoms with Crippen molar-refractivity contribution in [3.63, 3.8) is 0 Å². The Morgan fingerprint density at radius 3 is 2.55 bits per heavy atom. The molecule has 0 bridgehead atoms. The summed E-state index contributed by atoms with van der Waals surface area (Å²) in [5.74, 6) is 1.14. The minimum atomic E-state index is -0.203. The number of imidazole rings is 1. The van der Waals surface area contributed by atoms with Crippen molar-refractivity contribution >= 4 is 18.1 Å². The maximum atomic E-state index is 12.7. The van der Waals surface area contributed by atoms with Crippen LogP contribution in [-0.4, -0.2) is 27.0 Å². The Morgan fingerprint density at radius 1 is 1.14 bits per heavy atom. The number of aryl methyl sites for hydroxylation is 1. The van der Waals surface area contributed by atoms with E-state index in [-0.39, 0.29) is 5.91 Å². The largest absolute Gasteiger partial charge is 0.441 e. The average molecular weight is 404 g/mol. The summed E-state index contributed by atoms with van der Waals surface area (Å²) >= 11 is 5.33. The maximum Gasteiger partial charge on any atom is 0.269 e. The predicted molar refractivity (Wildman–Crippen MR) is 114 cm³/mol. The zero-order valence-electron chi connectivity index (χ0n) is 15.9. The van der Waals surface area contributed by atoms with Crippen LogP contribution in [0.4, 0.5) is 0 Å². The van der Waals surface area contributed by atoms with Crippen molar-refractivity contribution in [1.82, 2.24) is 19.9 Å². The Morgan fingerprint density at radius 2 is 1.83 bits per heavy atom. The molecule has 2 aromatic heterocycles. The highest BCUT2D eigenvalue weighted by molar-refractivity contribution is 7.71. The van der Waals surface area contributed by atoms with E-state index in [0.717, 1.165) is 22.7 Å². The van der Waals surface area contributed by atoms with Gasteiger partial charge in [-0.1, -0.05) is 36.4 Å². The Balaban J connectivity index is 1.44. The zero-order chi connectivity index (χ0) is 20.2. The fourth-order valence-electron chi connectivity index (χ4n) is 3.12. The third-order valence-corrected chi connectivity index (χ3v) is 4.88. The first kappa shape index (κ1) is 18.9. The summed E-state index contributed by atoms with van der Waals surface area (Å²) in [6.45, 7) is 2.32. The van der Waals surface area contributed by atoms with Gasteiger partial charge in [-0.2, -0.15) is 0 Å². The lowest BCUT2D eigenvalue weighted by Gasteiger charge is -2.08. The molecular weight excluding hydrogens is 384 g/mol. The minimum absolute atomic E-state index is 0.203. The van der Waals surface area contributed by atoms with Crippen LogP contribution in [0, 0.1) is 11.7 Å². The van der Waals surface area contributed by atoms with E-state index in [2.05, 4.69) is 15.3 Å². The number of hydrogen-bond acceptors (Lipinski definition) is 4. The second kappa shape index (κ2) is 8.28. The van der Waals surface area contributed by atoms with Gasteiger partial charge >= 0.3 is 0 Å². The van der Waals surface area contributed by atoms with E-state index in [1.807, 2.05) is 67.6 Å². The van der Waals surface area contributed by atoms with Crippen molar-refractivity contribution in [2.45, 2.75) is 13.3 Å². The Kier molecular flexibility index (Phi) is 5.39. The molecule has 2 N–H and O–H groups in total. The number of rotatable bonds is 6. The molecule has 0 spiro atoms. The van der Waals surface area contributed by atoms with Crippen LogP contribution >= 0.6 is 12.2 Å². The molecule has 0 unspecified atom stereocenters. The summed E-state index contributed by atoms with van der Waals surface area (Å²) in [6, 6.07) is 19.3. The quantitative estimate of drug-likeness (QED) is 0.465. The molecule has 0 saturated carbocycles. The number of carbonyl (C=O) groups excluding carboxylic acids is 1. The smallest absolute Gasteiger partial charge is 0.269 e. The molecule has 7 heteroatoms. The first-order valence-electron chi connectivity index (χ1n) is 9.29. The molecular formula is C22H20N4O2S. The van der Waals surface area contributed by atoms with Crippen molar-refractivity contribution in [3.05, 3.63) is 88.8 Å². The van der Waals surface area contributed by atoms with Gasteiger partial charge in [-0.05, 0) is 43.4 Å². The van der Waals surface area contributed by atoms with Crippen LogP contribution in [-0.2, 0) is 6.42 Å². The number of H-pyrrole nitrogens is 1. The first-order chi connectivity index (χ1) is 14.1. The maximum absolute atomic E-state index is 12.7. The van der Waals surface area contributed by atoms with Crippen molar-refractivity contribution in [2.24, 2.45) is 0 Å². The fourth-order valence-corrected chi connectivity index (χ4v) is 3.38. The highest BCUT2D eigenvalue weighted by atomic mass is 32.1. The van der Waals surface area contributed by atoms with Crippen LogP contribution in [0.2, 0.25) is 0 Å². The molecule has 4 aromatic rings. The van der Waals surface area contributed by atoms with Gasteiger partial charge in [0.25, 0.3) is 5.91 Å². The van der Waals surface area contributed by atoms with E-state index in [1.165, 1.54) is 0 Å². The topological polar surface area (TPSA) is 75.8 Å². The molecule has 0 saturated heterocycles. The number of oxazole rings is 1. The second-order valence-electron chi connectivity index (χ2n) is 6.54. The normalized spacial score (nSPS) is 10.8. The second-order valence-corrected chi connectivity index (χ2v) is 6.93. The minimum Gasteiger partial charge on any atom is -0.441 e. The molecule has 0 atom stereocenters. The molecule has 2 heterocycles. The number of benzene rings is 2. The van der Waals surface area contributed by atoms with Gasteiger partial charge in [0, 0.05) is 30.4 Å². The average Bonchev–Trinajstić information content (AvgIpc) is 3.32. The lowest BCUT2D eigenvalue weighted by molar-refractivity contribution is 0.0947. The number of aromatic nitrogens is 3. The van der Waals surface area contributed by atoms with E-state index < -0.39 is 0 Å². The van der Waals surface area contributed by atoms with Gasteiger partial charge in [0.1, 0.15) is 11.5 Å². The van der Waals surface area contributed by atoms with Crippen LogP contribution in [0.3, 0.4) is 0 Å². The van der Waals surface area contributed by atoms with E-state index in [0.29, 0.717) is 29.3 Å². The number of nitrogens with zero attached hydrogens (tertiary/aromatic N) is 2. The highest BCUT2D eigenvalue weighted by Gasteiger charge is 2.15. The van der Waals surface area contributed by atoms with Crippen LogP contribution in [0.15, 0.2) is 71.3 Å². The van der Waals surface area contributed by atoms with E-state index >= 15 is 0 Å². The number of hydrogen-bond donors (Lipinski definition) is 2. The van der Waals surface area contributed by atoms with E-state index in [1.54, 1.807) is 10.8 Å². The summed E-state index contributed by atoms with van der Waals surface area (Å²) in [4.78, 5) is 20.2. The summed E-state index contributed by atoms with van der Waals surface area (Å²) < 4.78 is 7.97. The molecule has 6 nitrogen and oxygen atoms in total. The van der Waals surface area contributed by atoms with Gasteiger partial charge < -0.3 is 14.7 Å². The van der Waals surface area contributed by atoms with Gasteiger partial charge in [-0.25, -0.2) is 4.98 Å². The molecule has 0 radical (unpaired) electrons. The molecule has 0 fully saturated rings. The molecule has 0 aliphatic carbocycles. The highest BCUT2D eigenvalue weighted by Crippen LogP contribution is 2.21. The Hall–Kier alpha value is -3.45. The van der Waals surface area contributed by atoms with Crippen molar-refractivity contribution in [3.8, 4) is 17.1 Å². The molecule has 4 rings (SSSR count). The monoisotopic (exact) mass is 404 g/mol. The fraction of sp³-hybridized carbons (Fsp3) is 0.136.